The van der Waals surface area contributed by atoms with Crippen molar-refractivity contribution in [3.8, 4) is 5.75 Å². The van der Waals surface area contributed by atoms with E-state index in [2.05, 4.69) is 0 Å². The highest BCUT2D eigenvalue weighted by Gasteiger charge is 2.27. The van der Waals surface area contributed by atoms with Gasteiger partial charge in [-0.05, 0) is 26.0 Å². The van der Waals surface area contributed by atoms with Gasteiger partial charge in [-0.1, -0.05) is 23.2 Å². The number of halogens is 2. The molecule has 0 unspecified atom stereocenters. The average molecular weight is 306 g/mol. The number of aliphatic hydroxyl groups excluding tert-OH is 1. The number of nitrogens with zero attached hydrogens (tertiary/aromatic N) is 1. The Hall–Kier alpha value is -0.970. The van der Waals surface area contributed by atoms with Gasteiger partial charge in [-0.3, -0.25) is 4.79 Å². The fourth-order valence-electron chi connectivity index (χ4n) is 1.27. The Bertz CT molecular complexity index is 463. The molecular formula is C13H17Cl2NO3. The van der Waals surface area contributed by atoms with E-state index in [1.807, 2.05) is 0 Å². The van der Waals surface area contributed by atoms with Crippen molar-refractivity contribution < 1.29 is 14.6 Å². The lowest BCUT2D eigenvalue weighted by atomic mass is 10.1. The Morgan fingerprint density at radius 2 is 2.05 bits per heavy atom. The highest BCUT2D eigenvalue weighted by Crippen LogP contribution is 2.27. The van der Waals surface area contributed by atoms with Crippen LogP contribution in [0.1, 0.15) is 13.8 Å². The standard InChI is InChI=1S/C13H17Cl2NO3/c1-13(2,8-17)16(3)12(18)7-19-11-6-9(14)4-5-10(11)15/h4-6,17H,7-8H2,1-3H3. The molecule has 1 aromatic carbocycles. The second kappa shape index (κ2) is 6.46. The Labute approximate surface area is 122 Å². The fourth-order valence-corrected chi connectivity index (χ4v) is 1.60. The number of likely N-dealkylation sites (N-methyl/N-ethyl adjacent to an activating group) is 1. The van der Waals surface area contributed by atoms with Crippen LogP contribution in [0.25, 0.3) is 0 Å². The number of aliphatic hydroxyl groups is 1. The Morgan fingerprint density at radius 3 is 2.63 bits per heavy atom. The molecule has 0 saturated heterocycles. The summed E-state index contributed by atoms with van der Waals surface area (Å²) in [5, 5.41) is 10.1. The maximum Gasteiger partial charge on any atom is 0.260 e. The van der Waals surface area contributed by atoms with Crippen molar-refractivity contribution in [2.24, 2.45) is 0 Å². The maximum absolute atomic E-state index is 11.9. The Morgan fingerprint density at radius 1 is 1.42 bits per heavy atom. The van der Waals surface area contributed by atoms with E-state index in [9.17, 15) is 9.90 Å². The van der Waals surface area contributed by atoms with Gasteiger partial charge in [0.2, 0.25) is 0 Å². The zero-order valence-electron chi connectivity index (χ0n) is 11.1. The van der Waals surface area contributed by atoms with Crippen LogP contribution in [0.2, 0.25) is 10.0 Å². The molecule has 1 amide bonds. The van der Waals surface area contributed by atoms with Crippen LogP contribution in [0.4, 0.5) is 0 Å². The summed E-state index contributed by atoms with van der Waals surface area (Å²) in [7, 11) is 1.61. The van der Waals surface area contributed by atoms with Crippen molar-refractivity contribution >= 4 is 29.1 Å². The molecule has 0 aromatic heterocycles. The summed E-state index contributed by atoms with van der Waals surface area (Å²) in [6.45, 7) is 3.22. The monoisotopic (exact) mass is 305 g/mol. The number of amides is 1. The van der Waals surface area contributed by atoms with Crippen LogP contribution >= 0.6 is 23.2 Å². The predicted molar refractivity (Wildman–Crippen MR) is 75.9 cm³/mol. The maximum atomic E-state index is 11.9. The molecule has 19 heavy (non-hydrogen) atoms. The van der Waals surface area contributed by atoms with Crippen LogP contribution in [0, 0.1) is 0 Å². The van der Waals surface area contributed by atoms with Crippen molar-refractivity contribution in [2.75, 3.05) is 20.3 Å². The van der Waals surface area contributed by atoms with Gasteiger partial charge in [0.05, 0.1) is 17.2 Å². The molecule has 106 valence electrons. The van der Waals surface area contributed by atoms with Gasteiger partial charge in [-0.25, -0.2) is 0 Å². The summed E-state index contributed by atoms with van der Waals surface area (Å²) in [5.74, 6) is 0.104. The topological polar surface area (TPSA) is 49.8 Å². The van der Waals surface area contributed by atoms with Crippen molar-refractivity contribution in [1.82, 2.24) is 4.90 Å². The van der Waals surface area contributed by atoms with Crippen LogP contribution < -0.4 is 4.74 Å². The summed E-state index contributed by atoms with van der Waals surface area (Å²) < 4.78 is 5.35. The summed E-state index contributed by atoms with van der Waals surface area (Å²) in [6, 6.07) is 4.79. The number of hydrogen-bond donors (Lipinski definition) is 1. The number of hydrogen-bond acceptors (Lipinski definition) is 3. The van der Waals surface area contributed by atoms with Gasteiger partial charge in [-0.15, -0.1) is 0 Å². The van der Waals surface area contributed by atoms with E-state index in [0.29, 0.717) is 15.8 Å². The zero-order chi connectivity index (χ0) is 14.6. The molecule has 0 aliphatic rings. The molecule has 0 heterocycles. The molecule has 0 spiro atoms. The molecule has 4 nitrogen and oxygen atoms in total. The zero-order valence-corrected chi connectivity index (χ0v) is 12.6. The molecule has 0 aliphatic heterocycles. The second-order valence-electron chi connectivity index (χ2n) is 4.79. The van der Waals surface area contributed by atoms with E-state index in [0.717, 1.165) is 0 Å². The van der Waals surface area contributed by atoms with Gasteiger partial charge in [0, 0.05) is 18.1 Å². The lowest BCUT2D eigenvalue weighted by Gasteiger charge is -2.33. The van der Waals surface area contributed by atoms with Gasteiger partial charge >= 0.3 is 0 Å². The summed E-state index contributed by atoms with van der Waals surface area (Å²) in [5.41, 5.74) is -0.640. The molecule has 0 atom stereocenters. The van der Waals surface area contributed by atoms with Gasteiger partial charge < -0.3 is 14.7 Å². The van der Waals surface area contributed by atoms with Gasteiger partial charge in [0.25, 0.3) is 5.91 Å². The molecule has 6 heteroatoms. The van der Waals surface area contributed by atoms with E-state index >= 15 is 0 Å². The third-order valence-electron chi connectivity index (χ3n) is 2.91. The molecule has 1 aromatic rings. The number of carbonyl (C=O) groups excluding carboxylic acids is 1. The summed E-state index contributed by atoms with van der Waals surface area (Å²) >= 11 is 11.8. The summed E-state index contributed by atoms with van der Waals surface area (Å²) in [4.78, 5) is 13.4. The molecular weight excluding hydrogens is 289 g/mol. The van der Waals surface area contributed by atoms with E-state index in [-0.39, 0.29) is 19.1 Å². The number of carbonyl (C=O) groups is 1. The fraction of sp³-hybridized carbons (Fsp3) is 0.462. The molecule has 1 rings (SSSR count). The molecule has 0 radical (unpaired) electrons. The van der Waals surface area contributed by atoms with Crippen LogP contribution in [-0.4, -0.2) is 41.7 Å². The minimum atomic E-state index is -0.640. The first kappa shape index (κ1) is 16.1. The van der Waals surface area contributed by atoms with E-state index in [1.165, 1.54) is 4.90 Å². The Balaban J connectivity index is 2.67. The van der Waals surface area contributed by atoms with Crippen molar-refractivity contribution in [1.29, 1.82) is 0 Å². The minimum Gasteiger partial charge on any atom is -0.482 e. The lowest BCUT2D eigenvalue weighted by molar-refractivity contribution is -0.138. The van der Waals surface area contributed by atoms with E-state index < -0.39 is 5.54 Å². The van der Waals surface area contributed by atoms with Crippen molar-refractivity contribution in [3.05, 3.63) is 28.2 Å². The third kappa shape index (κ3) is 4.27. The quantitative estimate of drug-likeness (QED) is 0.909. The normalized spacial score (nSPS) is 11.3. The SMILES string of the molecule is CN(C(=O)COc1cc(Cl)ccc1Cl)C(C)(C)CO. The van der Waals surface area contributed by atoms with E-state index in [4.69, 9.17) is 27.9 Å². The smallest absolute Gasteiger partial charge is 0.260 e. The lowest BCUT2D eigenvalue weighted by Crippen LogP contribution is -2.49. The molecule has 1 N–H and O–H groups in total. The number of benzene rings is 1. The molecule has 0 fully saturated rings. The molecule has 0 aliphatic carbocycles. The van der Waals surface area contributed by atoms with Crippen LogP contribution in [0.3, 0.4) is 0 Å². The summed E-state index contributed by atoms with van der Waals surface area (Å²) in [6.07, 6.45) is 0. The Kier molecular flexibility index (Phi) is 5.47. The van der Waals surface area contributed by atoms with Crippen molar-refractivity contribution in [3.63, 3.8) is 0 Å². The largest absolute Gasteiger partial charge is 0.482 e. The first-order valence-corrected chi connectivity index (χ1v) is 6.49. The van der Waals surface area contributed by atoms with Crippen LogP contribution in [0.15, 0.2) is 18.2 Å². The first-order chi connectivity index (χ1) is 8.77. The second-order valence-corrected chi connectivity index (χ2v) is 5.63. The minimum absolute atomic E-state index is 0.132. The first-order valence-electron chi connectivity index (χ1n) is 5.73. The average Bonchev–Trinajstić information content (AvgIpc) is 2.38. The molecule has 0 bridgehead atoms. The van der Waals surface area contributed by atoms with Gasteiger partial charge in [-0.2, -0.15) is 0 Å². The third-order valence-corrected chi connectivity index (χ3v) is 3.46. The number of ether oxygens (including phenoxy) is 1. The predicted octanol–water partition coefficient (Wildman–Crippen LogP) is 2.60. The van der Waals surface area contributed by atoms with Gasteiger partial charge in [0.15, 0.2) is 6.61 Å². The molecule has 0 saturated carbocycles. The highest BCUT2D eigenvalue weighted by atomic mass is 35.5. The van der Waals surface area contributed by atoms with Crippen molar-refractivity contribution in [2.45, 2.75) is 19.4 Å². The van der Waals surface area contributed by atoms with Crippen LogP contribution in [0.5, 0.6) is 5.75 Å². The van der Waals surface area contributed by atoms with E-state index in [1.54, 1.807) is 39.1 Å². The van der Waals surface area contributed by atoms with Crippen LogP contribution in [-0.2, 0) is 4.79 Å². The number of rotatable bonds is 5. The van der Waals surface area contributed by atoms with Gasteiger partial charge in [0.1, 0.15) is 5.75 Å². The highest BCUT2D eigenvalue weighted by molar-refractivity contribution is 6.34.